The molecule has 7 nitrogen and oxygen atoms in total. The zero-order valence-electron chi connectivity index (χ0n) is 15.9. The number of carbonyl (C=O) groups is 1. The summed E-state index contributed by atoms with van der Waals surface area (Å²) in [5.41, 5.74) is 1.62. The molecule has 8 heteroatoms. The van der Waals surface area contributed by atoms with Crippen LogP contribution in [0.1, 0.15) is 24.0 Å². The van der Waals surface area contributed by atoms with Gasteiger partial charge in [-0.1, -0.05) is 12.1 Å². The zero-order valence-corrected chi connectivity index (χ0v) is 16.7. The molecule has 0 heterocycles. The van der Waals surface area contributed by atoms with Gasteiger partial charge in [-0.3, -0.25) is 4.79 Å². The number of ether oxygens (including phenoxy) is 2. The van der Waals surface area contributed by atoms with Crippen molar-refractivity contribution in [2.75, 3.05) is 14.2 Å². The minimum atomic E-state index is -3.74. The fraction of sp³-hybridized carbons (Fsp3) is 0.350. The number of benzene rings is 2. The molecule has 1 aliphatic carbocycles. The Hall–Kier alpha value is -2.58. The highest BCUT2D eigenvalue weighted by molar-refractivity contribution is 7.89. The van der Waals surface area contributed by atoms with Crippen molar-refractivity contribution in [3.05, 3.63) is 53.6 Å². The van der Waals surface area contributed by atoms with E-state index in [-0.39, 0.29) is 23.3 Å². The summed E-state index contributed by atoms with van der Waals surface area (Å²) in [6.45, 7) is 0.430. The average molecular weight is 404 g/mol. The predicted molar refractivity (Wildman–Crippen MR) is 105 cm³/mol. The SMILES string of the molecule is COc1ccc(OC)c(CN(C(=O)Cc2ccc(S(N)(=O)=O)cc2)C2CC2)c1. The van der Waals surface area contributed by atoms with Gasteiger partial charge < -0.3 is 14.4 Å². The van der Waals surface area contributed by atoms with Gasteiger partial charge in [0.25, 0.3) is 0 Å². The number of hydrogen-bond donors (Lipinski definition) is 1. The van der Waals surface area contributed by atoms with Crippen molar-refractivity contribution in [1.29, 1.82) is 0 Å². The number of hydrogen-bond acceptors (Lipinski definition) is 5. The molecule has 1 aliphatic rings. The summed E-state index contributed by atoms with van der Waals surface area (Å²) in [7, 11) is -0.547. The van der Waals surface area contributed by atoms with E-state index in [1.165, 1.54) is 12.1 Å². The van der Waals surface area contributed by atoms with E-state index in [0.717, 1.165) is 24.0 Å². The largest absolute Gasteiger partial charge is 0.497 e. The van der Waals surface area contributed by atoms with Gasteiger partial charge in [-0.2, -0.15) is 0 Å². The van der Waals surface area contributed by atoms with E-state index < -0.39 is 10.0 Å². The Balaban J connectivity index is 1.77. The first kappa shape index (κ1) is 20.2. The molecule has 2 N–H and O–H groups in total. The molecule has 0 unspecified atom stereocenters. The zero-order chi connectivity index (χ0) is 20.3. The summed E-state index contributed by atoms with van der Waals surface area (Å²) in [5.74, 6) is 1.39. The Bertz CT molecular complexity index is 953. The van der Waals surface area contributed by atoms with E-state index >= 15 is 0 Å². The first-order chi connectivity index (χ1) is 13.3. The lowest BCUT2D eigenvalue weighted by Crippen LogP contribution is -2.34. The van der Waals surface area contributed by atoms with Crippen LogP contribution < -0.4 is 14.6 Å². The highest BCUT2D eigenvalue weighted by Gasteiger charge is 2.33. The van der Waals surface area contributed by atoms with Crippen LogP contribution in [0.4, 0.5) is 0 Å². The monoisotopic (exact) mass is 404 g/mol. The number of nitrogens with zero attached hydrogens (tertiary/aromatic N) is 1. The Labute approximate surface area is 165 Å². The molecule has 0 saturated heterocycles. The standard InChI is InChI=1S/C20H24N2O5S/c1-26-17-7-10-19(27-2)15(12-17)13-22(16-5-6-16)20(23)11-14-3-8-18(9-4-14)28(21,24)25/h3-4,7-10,12,16H,5-6,11,13H2,1-2H3,(H2,21,24,25). The third kappa shape index (κ3) is 4.82. The van der Waals surface area contributed by atoms with Crippen LogP contribution in [-0.4, -0.2) is 39.5 Å². The van der Waals surface area contributed by atoms with Gasteiger partial charge >= 0.3 is 0 Å². The summed E-state index contributed by atoms with van der Waals surface area (Å²) < 4.78 is 33.5. The van der Waals surface area contributed by atoms with Crippen molar-refractivity contribution in [2.24, 2.45) is 5.14 Å². The number of carbonyl (C=O) groups excluding carboxylic acids is 1. The molecule has 1 saturated carbocycles. The third-order valence-corrected chi connectivity index (χ3v) is 5.67. The molecule has 0 aliphatic heterocycles. The molecule has 0 radical (unpaired) electrons. The molecule has 2 aromatic carbocycles. The fourth-order valence-corrected chi connectivity index (χ4v) is 3.58. The molecular formula is C20H24N2O5S. The van der Waals surface area contributed by atoms with Gasteiger partial charge in [0.2, 0.25) is 15.9 Å². The van der Waals surface area contributed by atoms with Crippen LogP contribution in [0.3, 0.4) is 0 Å². The summed E-state index contributed by atoms with van der Waals surface area (Å²) in [5, 5.41) is 5.12. The Morgan fingerprint density at radius 2 is 1.79 bits per heavy atom. The van der Waals surface area contributed by atoms with Crippen LogP contribution in [0.25, 0.3) is 0 Å². The van der Waals surface area contributed by atoms with Crippen LogP contribution in [0.15, 0.2) is 47.4 Å². The van der Waals surface area contributed by atoms with Crippen molar-refractivity contribution < 1.29 is 22.7 Å². The molecule has 0 spiro atoms. The Kier molecular flexibility index (Phi) is 5.90. The Morgan fingerprint density at radius 3 is 2.32 bits per heavy atom. The van der Waals surface area contributed by atoms with Gasteiger partial charge in [-0.05, 0) is 48.7 Å². The Morgan fingerprint density at radius 1 is 1.11 bits per heavy atom. The maximum absolute atomic E-state index is 12.9. The number of sulfonamides is 1. The third-order valence-electron chi connectivity index (χ3n) is 4.74. The molecule has 0 atom stereocenters. The highest BCUT2D eigenvalue weighted by atomic mass is 32.2. The first-order valence-electron chi connectivity index (χ1n) is 8.94. The summed E-state index contributed by atoms with van der Waals surface area (Å²) >= 11 is 0. The van der Waals surface area contributed by atoms with E-state index in [0.29, 0.717) is 18.0 Å². The van der Waals surface area contributed by atoms with E-state index in [2.05, 4.69) is 0 Å². The van der Waals surface area contributed by atoms with Gasteiger partial charge in [-0.25, -0.2) is 13.6 Å². The second-order valence-electron chi connectivity index (χ2n) is 6.80. The number of methoxy groups -OCH3 is 2. The van der Waals surface area contributed by atoms with Crippen LogP contribution in [0.5, 0.6) is 11.5 Å². The number of primary sulfonamides is 1. The van der Waals surface area contributed by atoms with E-state index in [1.54, 1.807) is 26.4 Å². The van der Waals surface area contributed by atoms with Crippen LogP contribution in [0, 0.1) is 0 Å². The van der Waals surface area contributed by atoms with Crippen molar-refractivity contribution in [3.8, 4) is 11.5 Å². The molecule has 3 rings (SSSR count). The number of amides is 1. The quantitative estimate of drug-likeness (QED) is 0.726. The minimum Gasteiger partial charge on any atom is -0.497 e. The number of rotatable bonds is 8. The summed E-state index contributed by atoms with van der Waals surface area (Å²) in [4.78, 5) is 14.8. The van der Waals surface area contributed by atoms with Crippen LogP contribution in [-0.2, 0) is 27.8 Å². The topological polar surface area (TPSA) is 98.9 Å². The van der Waals surface area contributed by atoms with Crippen molar-refractivity contribution in [2.45, 2.75) is 36.7 Å². The van der Waals surface area contributed by atoms with E-state index in [4.69, 9.17) is 14.6 Å². The van der Waals surface area contributed by atoms with Crippen LogP contribution >= 0.6 is 0 Å². The van der Waals surface area contributed by atoms with Gasteiger partial charge in [0.05, 0.1) is 25.5 Å². The second kappa shape index (κ2) is 8.20. The molecule has 28 heavy (non-hydrogen) atoms. The van der Waals surface area contributed by atoms with Crippen LogP contribution in [0.2, 0.25) is 0 Å². The second-order valence-corrected chi connectivity index (χ2v) is 8.36. The van der Waals surface area contributed by atoms with E-state index in [1.807, 2.05) is 23.1 Å². The van der Waals surface area contributed by atoms with Gasteiger partial charge in [-0.15, -0.1) is 0 Å². The molecule has 1 amide bonds. The molecular weight excluding hydrogens is 380 g/mol. The van der Waals surface area contributed by atoms with Gasteiger partial charge in [0.15, 0.2) is 0 Å². The molecule has 0 aromatic heterocycles. The number of nitrogens with two attached hydrogens (primary N) is 1. The van der Waals surface area contributed by atoms with Crippen molar-refractivity contribution in [3.63, 3.8) is 0 Å². The molecule has 150 valence electrons. The predicted octanol–water partition coefficient (Wildman–Crippen LogP) is 2.08. The molecule has 2 aromatic rings. The normalized spacial score (nSPS) is 13.8. The fourth-order valence-electron chi connectivity index (χ4n) is 3.07. The average Bonchev–Trinajstić information content (AvgIpc) is 3.50. The molecule has 0 bridgehead atoms. The van der Waals surface area contributed by atoms with Crippen molar-refractivity contribution >= 4 is 15.9 Å². The summed E-state index contributed by atoms with van der Waals surface area (Å²) in [6.07, 6.45) is 2.14. The van der Waals surface area contributed by atoms with E-state index in [9.17, 15) is 13.2 Å². The van der Waals surface area contributed by atoms with Gasteiger partial charge in [0.1, 0.15) is 11.5 Å². The highest BCUT2D eigenvalue weighted by Crippen LogP contribution is 2.32. The molecule has 1 fully saturated rings. The lowest BCUT2D eigenvalue weighted by molar-refractivity contribution is -0.131. The maximum Gasteiger partial charge on any atom is 0.238 e. The maximum atomic E-state index is 12.9. The van der Waals surface area contributed by atoms with Crippen molar-refractivity contribution in [1.82, 2.24) is 4.90 Å². The minimum absolute atomic E-state index is 0.0178. The van der Waals surface area contributed by atoms with Gasteiger partial charge in [0, 0.05) is 18.2 Å². The first-order valence-corrected chi connectivity index (χ1v) is 10.5. The lowest BCUT2D eigenvalue weighted by atomic mass is 10.1. The lowest BCUT2D eigenvalue weighted by Gasteiger charge is -2.24. The summed E-state index contributed by atoms with van der Waals surface area (Å²) in [6, 6.07) is 11.8. The smallest absolute Gasteiger partial charge is 0.238 e.